The molecule has 0 atom stereocenters. The fourth-order valence-corrected chi connectivity index (χ4v) is 3.47. The summed E-state index contributed by atoms with van der Waals surface area (Å²) >= 11 is 0. The van der Waals surface area contributed by atoms with E-state index in [-0.39, 0.29) is 17.5 Å². The van der Waals surface area contributed by atoms with E-state index in [1.54, 1.807) is 18.5 Å². The van der Waals surface area contributed by atoms with Crippen LogP contribution in [0.25, 0.3) is 0 Å². The minimum Gasteiger partial charge on any atom is -0.377 e. The number of likely N-dealkylation sites (N-methyl/N-ethyl adjacent to an activating group) is 1. The van der Waals surface area contributed by atoms with E-state index in [9.17, 15) is 8.42 Å². The minimum absolute atomic E-state index is 0.0854. The summed E-state index contributed by atoms with van der Waals surface area (Å²) in [6.45, 7) is 9.27. The molecule has 0 bridgehead atoms. The number of aryl methyl sites for hydroxylation is 1. The number of rotatable bonds is 9. The molecular formula is C13H26N4O3S. The SMILES string of the molecule is CNCCn1nc(C)c(S(=O)(=O)NCCOC(C)C)c1C. The first kappa shape index (κ1) is 18.1. The lowest BCUT2D eigenvalue weighted by atomic mass is 10.4. The Kier molecular flexibility index (Phi) is 6.79. The predicted molar refractivity (Wildman–Crippen MR) is 81.9 cm³/mol. The van der Waals surface area contributed by atoms with Gasteiger partial charge >= 0.3 is 0 Å². The third-order valence-electron chi connectivity index (χ3n) is 3.00. The first-order valence-corrected chi connectivity index (χ1v) is 8.57. The van der Waals surface area contributed by atoms with Gasteiger partial charge in [-0.05, 0) is 34.7 Å². The molecule has 1 aromatic rings. The fourth-order valence-electron chi connectivity index (χ4n) is 2.05. The standard InChI is InChI=1S/C13H26N4O3S/c1-10(2)20-9-7-15-21(18,19)13-11(3)16-17(12(13)4)8-6-14-5/h10,14-15H,6-9H2,1-5H3. The predicted octanol–water partition coefficient (Wildman–Crippen LogP) is 0.423. The molecule has 0 saturated heterocycles. The average Bonchev–Trinajstić information content (AvgIpc) is 2.67. The van der Waals surface area contributed by atoms with E-state index in [1.807, 2.05) is 20.9 Å². The Hall–Kier alpha value is -0.960. The number of nitrogens with zero attached hydrogens (tertiary/aromatic N) is 2. The second kappa shape index (κ2) is 7.88. The first-order valence-electron chi connectivity index (χ1n) is 7.09. The van der Waals surface area contributed by atoms with Crippen molar-refractivity contribution >= 4 is 10.0 Å². The fraction of sp³-hybridized carbons (Fsp3) is 0.769. The summed E-state index contributed by atoms with van der Waals surface area (Å²) in [5.74, 6) is 0. The maximum absolute atomic E-state index is 12.4. The lowest BCUT2D eigenvalue weighted by Crippen LogP contribution is -2.29. The molecule has 0 radical (unpaired) electrons. The van der Waals surface area contributed by atoms with Crippen molar-refractivity contribution in [2.75, 3.05) is 26.7 Å². The summed E-state index contributed by atoms with van der Waals surface area (Å²) in [5, 5.41) is 7.32. The minimum atomic E-state index is -3.56. The van der Waals surface area contributed by atoms with Crippen molar-refractivity contribution in [3.8, 4) is 0 Å². The molecule has 2 N–H and O–H groups in total. The molecule has 7 nitrogen and oxygen atoms in total. The molecule has 8 heteroatoms. The van der Waals surface area contributed by atoms with Gasteiger partial charge in [-0.25, -0.2) is 13.1 Å². The van der Waals surface area contributed by atoms with Crippen molar-refractivity contribution in [3.05, 3.63) is 11.4 Å². The van der Waals surface area contributed by atoms with Gasteiger partial charge in [0, 0.05) is 13.1 Å². The molecule has 1 aromatic heterocycles. The Bertz CT molecular complexity index is 552. The van der Waals surface area contributed by atoms with Gasteiger partial charge in [-0.15, -0.1) is 0 Å². The summed E-state index contributed by atoms with van der Waals surface area (Å²) in [4.78, 5) is 0.267. The van der Waals surface area contributed by atoms with Gasteiger partial charge in [0.25, 0.3) is 0 Å². The zero-order chi connectivity index (χ0) is 16.0. The van der Waals surface area contributed by atoms with E-state index in [1.165, 1.54) is 0 Å². The van der Waals surface area contributed by atoms with Crippen molar-refractivity contribution < 1.29 is 13.2 Å². The molecule has 0 unspecified atom stereocenters. The highest BCUT2D eigenvalue weighted by Crippen LogP contribution is 2.18. The quantitative estimate of drug-likeness (QED) is 0.645. The van der Waals surface area contributed by atoms with Gasteiger partial charge in [-0.1, -0.05) is 0 Å². The van der Waals surface area contributed by atoms with Crippen LogP contribution in [0.3, 0.4) is 0 Å². The second-order valence-corrected chi connectivity index (χ2v) is 6.85. The number of sulfonamides is 1. The summed E-state index contributed by atoms with van der Waals surface area (Å²) in [7, 11) is -1.71. The van der Waals surface area contributed by atoms with Gasteiger partial charge in [0.1, 0.15) is 4.90 Å². The van der Waals surface area contributed by atoms with Crippen LogP contribution < -0.4 is 10.0 Å². The van der Waals surface area contributed by atoms with Gasteiger partial charge in [0.05, 0.1) is 30.6 Å². The lowest BCUT2D eigenvalue weighted by molar-refractivity contribution is 0.0834. The van der Waals surface area contributed by atoms with Gasteiger partial charge in [0.15, 0.2) is 0 Å². The molecule has 0 fully saturated rings. The molecule has 0 aliphatic carbocycles. The maximum Gasteiger partial charge on any atom is 0.244 e. The van der Waals surface area contributed by atoms with Crippen molar-refractivity contribution in [3.63, 3.8) is 0 Å². The van der Waals surface area contributed by atoms with Crippen LogP contribution in [-0.2, 0) is 21.3 Å². The molecule has 0 aliphatic rings. The van der Waals surface area contributed by atoms with E-state index in [4.69, 9.17) is 4.74 Å². The molecule has 0 saturated carbocycles. The molecule has 122 valence electrons. The summed E-state index contributed by atoms with van der Waals surface area (Å²) in [6, 6.07) is 0. The molecule has 1 rings (SSSR count). The van der Waals surface area contributed by atoms with Crippen LogP contribution in [0.1, 0.15) is 25.2 Å². The smallest absolute Gasteiger partial charge is 0.244 e. The zero-order valence-corrected chi connectivity index (χ0v) is 14.2. The summed E-state index contributed by atoms with van der Waals surface area (Å²) in [6.07, 6.45) is 0.0854. The van der Waals surface area contributed by atoms with Crippen LogP contribution >= 0.6 is 0 Å². The normalized spacial score (nSPS) is 12.3. The highest BCUT2D eigenvalue weighted by atomic mass is 32.2. The third-order valence-corrected chi connectivity index (χ3v) is 4.72. The van der Waals surface area contributed by atoms with Crippen molar-refractivity contribution in [2.45, 2.75) is 45.2 Å². The van der Waals surface area contributed by atoms with Crippen molar-refractivity contribution in [1.82, 2.24) is 19.8 Å². The van der Waals surface area contributed by atoms with E-state index in [2.05, 4.69) is 15.1 Å². The number of aromatic nitrogens is 2. The monoisotopic (exact) mass is 318 g/mol. The van der Waals surface area contributed by atoms with Crippen molar-refractivity contribution in [1.29, 1.82) is 0 Å². The second-order valence-electron chi connectivity index (χ2n) is 5.14. The summed E-state index contributed by atoms with van der Waals surface area (Å²) in [5.41, 5.74) is 1.17. The topological polar surface area (TPSA) is 85.2 Å². The number of hydrogen-bond donors (Lipinski definition) is 2. The van der Waals surface area contributed by atoms with E-state index in [0.717, 1.165) is 6.54 Å². The van der Waals surface area contributed by atoms with Crippen molar-refractivity contribution in [2.24, 2.45) is 0 Å². The van der Waals surface area contributed by atoms with Crippen LogP contribution in [0.4, 0.5) is 0 Å². The van der Waals surface area contributed by atoms with Crippen LogP contribution in [0.5, 0.6) is 0 Å². The molecule has 0 aromatic carbocycles. The highest BCUT2D eigenvalue weighted by molar-refractivity contribution is 7.89. The van der Waals surface area contributed by atoms with Gasteiger partial charge < -0.3 is 10.1 Å². The average molecular weight is 318 g/mol. The van der Waals surface area contributed by atoms with Gasteiger partial charge in [-0.3, -0.25) is 4.68 Å². The Morgan fingerprint density at radius 3 is 2.52 bits per heavy atom. The molecule has 21 heavy (non-hydrogen) atoms. The van der Waals surface area contributed by atoms with E-state index in [0.29, 0.717) is 24.5 Å². The van der Waals surface area contributed by atoms with Gasteiger partial charge in [0.2, 0.25) is 10.0 Å². The molecule has 1 heterocycles. The Morgan fingerprint density at radius 2 is 1.95 bits per heavy atom. The highest BCUT2D eigenvalue weighted by Gasteiger charge is 2.24. The summed E-state index contributed by atoms with van der Waals surface area (Å²) < 4.78 is 34.3. The molecule has 0 aliphatic heterocycles. The molecular weight excluding hydrogens is 292 g/mol. The van der Waals surface area contributed by atoms with Gasteiger partial charge in [-0.2, -0.15) is 5.10 Å². The lowest BCUT2D eigenvalue weighted by Gasteiger charge is -2.10. The zero-order valence-electron chi connectivity index (χ0n) is 13.4. The number of hydrogen-bond acceptors (Lipinski definition) is 5. The molecule has 0 amide bonds. The van der Waals surface area contributed by atoms with Crippen LogP contribution in [0.2, 0.25) is 0 Å². The van der Waals surface area contributed by atoms with Crippen LogP contribution in [-0.4, -0.2) is 51.0 Å². The Morgan fingerprint density at radius 1 is 1.29 bits per heavy atom. The number of nitrogens with one attached hydrogen (secondary N) is 2. The molecule has 0 spiro atoms. The van der Waals surface area contributed by atoms with Crippen LogP contribution in [0, 0.1) is 13.8 Å². The Labute approximate surface area is 127 Å². The number of ether oxygens (including phenoxy) is 1. The Balaban J connectivity index is 2.80. The van der Waals surface area contributed by atoms with E-state index >= 15 is 0 Å². The van der Waals surface area contributed by atoms with Crippen LogP contribution in [0.15, 0.2) is 4.90 Å². The maximum atomic E-state index is 12.4. The van der Waals surface area contributed by atoms with E-state index < -0.39 is 10.0 Å². The largest absolute Gasteiger partial charge is 0.377 e. The first-order chi connectivity index (χ1) is 9.79. The third kappa shape index (κ3) is 5.06.